The highest BCUT2D eigenvalue weighted by Crippen LogP contribution is 2.26. The van der Waals surface area contributed by atoms with Crippen LogP contribution in [0.3, 0.4) is 0 Å². The minimum atomic E-state index is -2.68. The fourth-order valence-electron chi connectivity index (χ4n) is 1.29. The molecule has 0 bridgehead atoms. The summed E-state index contributed by atoms with van der Waals surface area (Å²) in [6, 6.07) is 1.22. The van der Waals surface area contributed by atoms with Crippen molar-refractivity contribution in [3.05, 3.63) is 27.5 Å². The van der Waals surface area contributed by atoms with Crippen molar-refractivity contribution < 1.29 is 18.3 Å². The number of alkyl halides is 2. The lowest BCUT2D eigenvalue weighted by Gasteiger charge is -2.10. The highest BCUT2D eigenvalue weighted by molar-refractivity contribution is 9.10. The molecule has 0 saturated carbocycles. The van der Waals surface area contributed by atoms with Gasteiger partial charge in [0.25, 0.3) is 6.43 Å². The van der Waals surface area contributed by atoms with Crippen molar-refractivity contribution in [2.75, 3.05) is 7.11 Å². The molecule has 0 unspecified atom stereocenters. The molecule has 17 heavy (non-hydrogen) atoms. The lowest BCUT2D eigenvalue weighted by molar-refractivity contribution is -0.139. The third-order valence-corrected chi connectivity index (χ3v) is 2.84. The molecule has 1 aromatic heterocycles. The summed E-state index contributed by atoms with van der Waals surface area (Å²) in [5, 5.41) is 0. The zero-order chi connectivity index (χ0) is 13.0. The number of halogens is 3. The topological polar surface area (TPSA) is 65.2 Å². The molecule has 1 heterocycles. The van der Waals surface area contributed by atoms with Gasteiger partial charge in [-0.15, -0.1) is 0 Å². The minimum Gasteiger partial charge on any atom is -0.469 e. The van der Waals surface area contributed by atoms with Gasteiger partial charge in [-0.2, -0.15) is 0 Å². The molecule has 0 fully saturated rings. The number of hydrogen-bond acceptors (Lipinski definition) is 4. The smallest absolute Gasteiger partial charge is 0.310 e. The number of esters is 1. The summed E-state index contributed by atoms with van der Waals surface area (Å²) in [5.74, 6) is -0.520. The second kappa shape index (κ2) is 6.02. The fourth-order valence-corrected chi connectivity index (χ4v) is 1.76. The normalized spacial score (nSPS) is 10.7. The Morgan fingerprint density at radius 1 is 1.65 bits per heavy atom. The summed E-state index contributed by atoms with van der Waals surface area (Å²) < 4.78 is 30.2. The number of carbonyl (C=O) groups excluding carboxylic acids is 1. The number of nitrogens with two attached hydrogens (primary N) is 1. The molecular weight excluding hydrogens is 298 g/mol. The molecule has 2 N–H and O–H groups in total. The first-order chi connectivity index (χ1) is 7.99. The van der Waals surface area contributed by atoms with E-state index in [1.54, 1.807) is 0 Å². The molecular formula is C10H11BrF2N2O2. The van der Waals surface area contributed by atoms with Crippen molar-refractivity contribution in [1.29, 1.82) is 0 Å². The molecule has 0 saturated heterocycles. The molecule has 0 aliphatic rings. The Balaban J connectivity index is 3.15. The summed E-state index contributed by atoms with van der Waals surface area (Å²) in [6.07, 6.45) is -2.79. The molecule has 0 atom stereocenters. The van der Waals surface area contributed by atoms with Crippen molar-refractivity contribution in [3.63, 3.8) is 0 Å². The van der Waals surface area contributed by atoms with Crippen LogP contribution in [0.25, 0.3) is 0 Å². The van der Waals surface area contributed by atoms with Crippen molar-refractivity contribution in [1.82, 2.24) is 4.98 Å². The van der Waals surface area contributed by atoms with Gasteiger partial charge in [0.05, 0.1) is 19.2 Å². The van der Waals surface area contributed by atoms with Gasteiger partial charge >= 0.3 is 5.97 Å². The number of carbonyl (C=O) groups is 1. The summed E-state index contributed by atoms with van der Waals surface area (Å²) in [5.41, 5.74) is 5.53. The predicted molar refractivity (Wildman–Crippen MR) is 60.5 cm³/mol. The zero-order valence-electron chi connectivity index (χ0n) is 9.04. The first-order valence-corrected chi connectivity index (χ1v) is 5.52. The summed E-state index contributed by atoms with van der Waals surface area (Å²) in [6.45, 7) is -0.0865. The Labute approximate surface area is 105 Å². The highest BCUT2D eigenvalue weighted by Gasteiger charge is 2.18. The van der Waals surface area contributed by atoms with Crippen LogP contribution < -0.4 is 5.73 Å². The van der Waals surface area contributed by atoms with E-state index in [0.29, 0.717) is 10.2 Å². The van der Waals surface area contributed by atoms with E-state index in [-0.39, 0.29) is 24.2 Å². The number of pyridine rings is 1. The molecule has 4 nitrogen and oxygen atoms in total. The average Bonchev–Trinajstić information content (AvgIpc) is 2.30. The van der Waals surface area contributed by atoms with Crippen molar-refractivity contribution >= 4 is 21.9 Å². The Bertz CT molecular complexity index is 427. The van der Waals surface area contributed by atoms with E-state index >= 15 is 0 Å². The second-order valence-electron chi connectivity index (χ2n) is 3.23. The van der Waals surface area contributed by atoms with E-state index < -0.39 is 12.4 Å². The van der Waals surface area contributed by atoms with Crippen LogP contribution in [-0.4, -0.2) is 18.1 Å². The molecule has 0 aromatic carbocycles. The third-order valence-electron chi connectivity index (χ3n) is 2.15. The lowest BCUT2D eigenvalue weighted by atomic mass is 10.1. The van der Waals surface area contributed by atoms with Crippen LogP contribution in [0.2, 0.25) is 0 Å². The standard InChI is InChI=1S/C10H11BrF2N2O2/c1-17-8(16)3-5-2-6(10(12)13)7(4-14)15-9(5)11/h2,10H,3-4,14H2,1H3. The molecule has 0 radical (unpaired) electrons. The van der Waals surface area contributed by atoms with Crippen LogP contribution >= 0.6 is 15.9 Å². The zero-order valence-corrected chi connectivity index (χ0v) is 10.6. The minimum absolute atomic E-state index is 0.0865. The number of rotatable bonds is 4. The van der Waals surface area contributed by atoms with Gasteiger partial charge in [0, 0.05) is 12.1 Å². The van der Waals surface area contributed by atoms with Gasteiger partial charge in [-0.25, -0.2) is 13.8 Å². The van der Waals surface area contributed by atoms with Gasteiger partial charge in [0.2, 0.25) is 0 Å². The van der Waals surface area contributed by atoms with E-state index in [1.165, 1.54) is 13.2 Å². The van der Waals surface area contributed by atoms with E-state index in [0.717, 1.165) is 0 Å². The molecule has 1 rings (SSSR count). The average molecular weight is 309 g/mol. The summed E-state index contributed by atoms with van der Waals surface area (Å²) >= 11 is 3.11. The van der Waals surface area contributed by atoms with Gasteiger partial charge in [-0.1, -0.05) is 0 Å². The van der Waals surface area contributed by atoms with Gasteiger partial charge in [0.15, 0.2) is 0 Å². The number of aromatic nitrogens is 1. The maximum absolute atomic E-state index is 12.7. The number of methoxy groups -OCH3 is 1. The van der Waals surface area contributed by atoms with Crippen LogP contribution in [0.5, 0.6) is 0 Å². The quantitative estimate of drug-likeness (QED) is 0.682. The lowest BCUT2D eigenvalue weighted by Crippen LogP contribution is -2.10. The van der Waals surface area contributed by atoms with E-state index in [2.05, 4.69) is 25.7 Å². The Morgan fingerprint density at radius 2 is 2.29 bits per heavy atom. The van der Waals surface area contributed by atoms with Crippen LogP contribution in [0.4, 0.5) is 8.78 Å². The van der Waals surface area contributed by atoms with Gasteiger partial charge in [0.1, 0.15) is 4.60 Å². The third kappa shape index (κ3) is 3.44. The maximum Gasteiger partial charge on any atom is 0.310 e. The number of nitrogens with zero attached hydrogens (tertiary/aromatic N) is 1. The molecule has 0 amide bonds. The van der Waals surface area contributed by atoms with Gasteiger partial charge < -0.3 is 10.5 Å². The molecule has 1 aromatic rings. The van der Waals surface area contributed by atoms with Crippen LogP contribution in [0.15, 0.2) is 10.7 Å². The van der Waals surface area contributed by atoms with Gasteiger partial charge in [-0.05, 0) is 27.6 Å². The van der Waals surface area contributed by atoms with Crippen LogP contribution in [0, 0.1) is 0 Å². The number of ether oxygens (including phenoxy) is 1. The predicted octanol–water partition coefficient (Wildman–Crippen LogP) is 1.96. The Kier molecular flexibility index (Phi) is 4.95. The molecule has 94 valence electrons. The van der Waals surface area contributed by atoms with Crippen molar-refractivity contribution in [2.45, 2.75) is 19.4 Å². The fraction of sp³-hybridized carbons (Fsp3) is 0.400. The molecule has 0 aliphatic carbocycles. The second-order valence-corrected chi connectivity index (χ2v) is 3.98. The van der Waals surface area contributed by atoms with E-state index in [4.69, 9.17) is 5.73 Å². The van der Waals surface area contributed by atoms with Crippen molar-refractivity contribution in [2.24, 2.45) is 5.73 Å². The Morgan fingerprint density at radius 3 is 2.76 bits per heavy atom. The first kappa shape index (κ1) is 14.0. The summed E-state index contributed by atoms with van der Waals surface area (Å²) in [7, 11) is 1.23. The summed E-state index contributed by atoms with van der Waals surface area (Å²) in [4.78, 5) is 15.0. The van der Waals surface area contributed by atoms with Gasteiger partial charge in [-0.3, -0.25) is 4.79 Å². The molecule has 0 aliphatic heterocycles. The van der Waals surface area contributed by atoms with E-state index in [9.17, 15) is 13.6 Å². The van der Waals surface area contributed by atoms with E-state index in [1.807, 2.05) is 0 Å². The maximum atomic E-state index is 12.7. The molecule has 0 spiro atoms. The Hall–Kier alpha value is -1.08. The number of hydrogen-bond donors (Lipinski definition) is 1. The monoisotopic (exact) mass is 308 g/mol. The highest BCUT2D eigenvalue weighted by atomic mass is 79.9. The SMILES string of the molecule is COC(=O)Cc1cc(C(F)F)c(CN)nc1Br. The first-order valence-electron chi connectivity index (χ1n) is 4.72. The van der Waals surface area contributed by atoms with Crippen molar-refractivity contribution in [3.8, 4) is 0 Å². The van der Waals surface area contributed by atoms with Crippen LogP contribution in [0.1, 0.15) is 23.2 Å². The van der Waals surface area contributed by atoms with Crippen LogP contribution in [-0.2, 0) is 22.5 Å². The molecule has 7 heteroatoms. The largest absolute Gasteiger partial charge is 0.469 e.